The van der Waals surface area contributed by atoms with Crippen molar-refractivity contribution in [2.75, 3.05) is 0 Å². The molecule has 16 heavy (non-hydrogen) atoms. The first-order chi connectivity index (χ1) is 7.53. The minimum Gasteiger partial charge on any atom is -0.0832 e. The van der Waals surface area contributed by atoms with Gasteiger partial charge in [-0.1, -0.05) is 67.6 Å². The lowest BCUT2D eigenvalue weighted by molar-refractivity contribution is 0.331. The van der Waals surface area contributed by atoms with Crippen LogP contribution in [0.1, 0.15) is 43.0 Å². The van der Waals surface area contributed by atoms with Gasteiger partial charge in [0, 0.05) is 13.8 Å². The van der Waals surface area contributed by atoms with Crippen LogP contribution < -0.4 is 0 Å². The molecule has 1 atom stereocenters. The van der Waals surface area contributed by atoms with E-state index >= 15 is 0 Å². The second-order valence-electron chi connectivity index (χ2n) is 4.89. The maximum atomic E-state index is 3.90. The molecule has 0 bridgehead atoms. The van der Waals surface area contributed by atoms with Crippen molar-refractivity contribution in [2.45, 2.75) is 37.4 Å². The van der Waals surface area contributed by atoms with Gasteiger partial charge >= 0.3 is 0 Å². The fraction of sp³-hybridized carbons (Fsp3) is 0.538. The Morgan fingerprint density at radius 2 is 1.81 bits per heavy atom. The molecule has 0 saturated heterocycles. The first-order valence-electron chi connectivity index (χ1n) is 5.62. The molecule has 1 fully saturated rings. The van der Waals surface area contributed by atoms with Gasteiger partial charge < -0.3 is 0 Å². The highest BCUT2D eigenvalue weighted by Crippen LogP contribution is 2.53. The number of hydrogen-bond donors (Lipinski definition) is 0. The summed E-state index contributed by atoms with van der Waals surface area (Å²) in [6, 6.07) is 6.41. The largest absolute Gasteiger partial charge is 0.0832 e. The lowest BCUT2D eigenvalue weighted by Crippen LogP contribution is -2.18. The summed E-state index contributed by atoms with van der Waals surface area (Å²) in [5, 5.41) is 0. The molecule has 0 aromatic heterocycles. The molecule has 1 aromatic rings. The Hall–Kier alpha value is 0.660. The number of rotatable bonds is 2. The van der Waals surface area contributed by atoms with Crippen LogP contribution in [0.15, 0.2) is 27.1 Å². The maximum Gasteiger partial charge on any atom is 0.0460 e. The Kier molecular flexibility index (Phi) is 4.19. The van der Waals surface area contributed by atoms with Crippen molar-refractivity contribution in [1.29, 1.82) is 0 Å². The van der Waals surface area contributed by atoms with Gasteiger partial charge in [0.05, 0.1) is 0 Å². The summed E-state index contributed by atoms with van der Waals surface area (Å²) in [6.07, 6.45) is 5.37. The zero-order valence-electron chi connectivity index (χ0n) is 9.27. The third-order valence-corrected chi connectivity index (χ3v) is 6.40. The Balaban J connectivity index is 2.32. The molecule has 0 nitrogen and oxygen atoms in total. The molecule has 0 aliphatic heterocycles. The molecule has 1 aliphatic rings. The van der Waals surface area contributed by atoms with Crippen molar-refractivity contribution in [3.05, 3.63) is 32.7 Å². The van der Waals surface area contributed by atoms with Gasteiger partial charge in [-0.3, -0.25) is 0 Å². The molecule has 1 saturated carbocycles. The van der Waals surface area contributed by atoms with Gasteiger partial charge in [0.15, 0.2) is 0 Å². The summed E-state index contributed by atoms with van der Waals surface area (Å²) in [5.41, 5.74) is 1.77. The molecule has 1 aliphatic carbocycles. The minimum atomic E-state index is 0.406. The van der Waals surface area contributed by atoms with Crippen LogP contribution in [0.4, 0.5) is 0 Å². The van der Waals surface area contributed by atoms with E-state index in [1.54, 1.807) is 0 Å². The molecule has 0 amide bonds. The average Bonchev–Trinajstić information content (AvgIpc) is 2.69. The summed E-state index contributed by atoms with van der Waals surface area (Å²) >= 11 is 11.1. The van der Waals surface area contributed by atoms with Crippen molar-refractivity contribution >= 4 is 47.8 Å². The van der Waals surface area contributed by atoms with Gasteiger partial charge in [0.2, 0.25) is 0 Å². The Labute approximate surface area is 123 Å². The molecular formula is C13H15Br3. The highest BCUT2D eigenvalue weighted by Gasteiger charge is 2.37. The van der Waals surface area contributed by atoms with Crippen molar-refractivity contribution in [2.24, 2.45) is 5.41 Å². The summed E-state index contributed by atoms with van der Waals surface area (Å²) < 4.78 is 2.35. The number of hydrogen-bond acceptors (Lipinski definition) is 0. The third-order valence-electron chi connectivity index (χ3n) is 3.59. The second kappa shape index (κ2) is 5.11. The highest BCUT2D eigenvalue weighted by atomic mass is 79.9. The molecule has 0 heterocycles. The van der Waals surface area contributed by atoms with Crippen LogP contribution >= 0.6 is 47.8 Å². The van der Waals surface area contributed by atoms with Gasteiger partial charge in [-0.2, -0.15) is 0 Å². The lowest BCUT2D eigenvalue weighted by Gasteiger charge is -2.31. The van der Waals surface area contributed by atoms with Gasteiger partial charge in [-0.15, -0.1) is 0 Å². The van der Waals surface area contributed by atoms with Gasteiger partial charge in [0.25, 0.3) is 0 Å². The lowest BCUT2D eigenvalue weighted by atomic mass is 9.82. The SMILES string of the molecule is CC1(C(Br)c2cc(Br)ccc2Br)CCCC1. The van der Waals surface area contributed by atoms with Crippen molar-refractivity contribution in [3.63, 3.8) is 0 Å². The first-order valence-corrected chi connectivity index (χ1v) is 8.12. The topological polar surface area (TPSA) is 0 Å². The van der Waals surface area contributed by atoms with E-state index in [1.165, 1.54) is 35.7 Å². The predicted octanol–water partition coefficient (Wildman–Crippen LogP) is 6.23. The van der Waals surface area contributed by atoms with Crippen LogP contribution in [0.25, 0.3) is 0 Å². The first kappa shape index (κ1) is 13.1. The van der Waals surface area contributed by atoms with E-state index in [0.717, 1.165) is 4.47 Å². The molecule has 0 N–H and O–H groups in total. The standard InChI is InChI=1S/C13H15Br3/c1-13(6-2-3-7-13)12(16)10-8-9(14)4-5-11(10)15/h4-5,8,12H,2-3,6-7H2,1H3. The second-order valence-corrected chi connectivity index (χ2v) is 7.58. The van der Waals surface area contributed by atoms with Gasteiger partial charge in [-0.25, -0.2) is 0 Å². The van der Waals surface area contributed by atoms with Crippen LogP contribution in [-0.4, -0.2) is 0 Å². The summed E-state index contributed by atoms with van der Waals surface area (Å²) in [7, 11) is 0. The zero-order valence-corrected chi connectivity index (χ0v) is 14.0. The molecule has 0 radical (unpaired) electrons. The smallest absolute Gasteiger partial charge is 0.0460 e. The van der Waals surface area contributed by atoms with E-state index in [-0.39, 0.29) is 0 Å². The quantitative estimate of drug-likeness (QED) is 0.507. The van der Waals surface area contributed by atoms with Crippen LogP contribution in [-0.2, 0) is 0 Å². The molecule has 0 spiro atoms. The van der Waals surface area contributed by atoms with E-state index < -0.39 is 0 Å². The van der Waals surface area contributed by atoms with Crippen LogP contribution in [0.5, 0.6) is 0 Å². The van der Waals surface area contributed by atoms with E-state index in [4.69, 9.17) is 0 Å². The van der Waals surface area contributed by atoms with E-state index in [1.807, 2.05) is 0 Å². The Morgan fingerprint density at radius 1 is 1.19 bits per heavy atom. The van der Waals surface area contributed by atoms with Crippen LogP contribution in [0.2, 0.25) is 0 Å². The van der Waals surface area contributed by atoms with Crippen molar-refractivity contribution < 1.29 is 0 Å². The monoisotopic (exact) mass is 408 g/mol. The molecule has 3 heteroatoms. The fourth-order valence-corrected chi connectivity index (χ4v) is 4.52. The number of halogens is 3. The average molecular weight is 411 g/mol. The Bertz CT molecular complexity index is 381. The fourth-order valence-electron chi connectivity index (χ4n) is 2.52. The van der Waals surface area contributed by atoms with Crippen molar-refractivity contribution in [3.8, 4) is 0 Å². The molecular weight excluding hydrogens is 396 g/mol. The zero-order chi connectivity index (χ0) is 11.8. The van der Waals surface area contributed by atoms with E-state index in [0.29, 0.717) is 10.2 Å². The van der Waals surface area contributed by atoms with Crippen LogP contribution in [0, 0.1) is 5.41 Å². The summed E-state index contributed by atoms with van der Waals surface area (Å²) in [4.78, 5) is 0.439. The Morgan fingerprint density at radius 3 is 2.44 bits per heavy atom. The highest BCUT2D eigenvalue weighted by molar-refractivity contribution is 9.11. The molecule has 1 aromatic carbocycles. The number of benzene rings is 1. The van der Waals surface area contributed by atoms with Gasteiger partial charge in [0.1, 0.15) is 0 Å². The number of alkyl halides is 1. The summed E-state index contributed by atoms with van der Waals surface area (Å²) in [5.74, 6) is 0. The van der Waals surface area contributed by atoms with Crippen molar-refractivity contribution in [1.82, 2.24) is 0 Å². The molecule has 1 unspecified atom stereocenters. The summed E-state index contributed by atoms with van der Waals surface area (Å²) in [6.45, 7) is 2.40. The maximum absolute atomic E-state index is 3.90. The molecule has 2 rings (SSSR count). The normalized spacial score (nSPS) is 21.0. The van der Waals surface area contributed by atoms with E-state index in [9.17, 15) is 0 Å². The third kappa shape index (κ3) is 2.56. The predicted molar refractivity (Wildman–Crippen MR) is 80.1 cm³/mol. The minimum absolute atomic E-state index is 0.406. The van der Waals surface area contributed by atoms with Crippen LogP contribution in [0.3, 0.4) is 0 Å². The van der Waals surface area contributed by atoms with Gasteiger partial charge in [-0.05, 0) is 42.0 Å². The molecule has 88 valence electrons. The van der Waals surface area contributed by atoms with E-state index in [2.05, 4.69) is 72.9 Å².